The highest BCUT2D eigenvalue weighted by atomic mass is 35.5. The summed E-state index contributed by atoms with van der Waals surface area (Å²) in [6.45, 7) is 0. The second kappa shape index (κ2) is 7.47. The number of hydrogen-bond acceptors (Lipinski definition) is 8. The van der Waals surface area contributed by atoms with Crippen molar-refractivity contribution < 1.29 is 19.0 Å². The summed E-state index contributed by atoms with van der Waals surface area (Å²) in [6, 6.07) is 4.54. The van der Waals surface area contributed by atoms with Gasteiger partial charge in [-0.25, -0.2) is 14.8 Å². The van der Waals surface area contributed by atoms with Gasteiger partial charge >= 0.3 is 6.09 Å². The van der Waals surface area contributed by atoms with Gasteiger partial charge in [-0.1, -0.05) is 11.6 Å². The number of nitrogens with zero attached hydrogens (tertiary/aromatic N) is 2. The fourth-order valence-electron chi connectivity index (χ4n) is 1.71. The topological polar surface area (TPSA) is 132 Å². The first-order chi connectivity index (χ1) is 11.5. The van der Waals surface area contributed by atoms with Crippen LogP contribution in [0.15, 0.2) is 24.5 Å². The molecule has 0 radical (unpaired) electrons. The second-order valence-electron chi connectivity index (χ2n) is 4.33. The zero-order chi connectivity index (χ0) is 17.7. The molecule has 0 aliphatic heterocycles. The standard InChI is InChI=1S/C14H14ClN5O4/c1-22-12(17)10-11(16)18-6-19-13(10)24-7-3-4-9(8(15)5-7)20-14(21)23-2/h3-6,17H,1-2H3,(H,20,21)(H2,16,18,19). The smallest absolute Gasteiger partial charge is 0.411 e. The average Bonchev–Trinajstić information content (AvgIpc) is 2.56. The number of carbonyl (C=O) groups is 1. The molecule has 2 rings (SSSR count). The molecule has 0 bridgehead atoms. The molecule has 0 aliphatic rings. The minimum absolute atomic E-state index is 0.0408. The number of rotatable bonds is 4. The van der Waals surface area contributed by atoms with E-state index in [1.54, 1.807) is 6.07 Å². The molecule has 1 heterocycles. The molecular weight excluding hydrogens is 338 g/mol. The lowest BCUT2D eigenvalue weighted by Crippen LogP contribution is -2.11. The van der Waals surface area contributed by atoms with Gasteiger partial charge in [0.25, 0.3) is 0 Å². The molecule has 1 aromatic carbocycles. The van der Waals surface area contributed by atoms with Crippen molar-refractivity contribution in [2.24, 2.45) is 0 Å². The fourth-order valence-corrected chi connectivity index (χ4v) is 1.93. The zero-order valence-electron chi connectivity index (χ0n) is 12.8. The Labute approximate surface area is 142 Å². The molecule has 126 valence electrons. The number of methoxy groups -OCH3 is 2. The largest absolute Gasteiger partial charge is 0.481 e. The van der Waals surface area contributed by atoms with Gasteiger partial charge in [-0.2, -0.15) is 0 Å². The number of aromatic nitrogens is 2. The minimum Gasteiger partial charge on any atom is -0.481 e. The van der Waals surface area contributed by atoms with E-state index >= 15 is 0 Å². The van der Waals surface area contributed by atoms with E-state index in [2.05, 4.69) is 20.0 Å². The van der Waals surface area contributed by atoms with E-state index in [0.29, 0.717) is 11.4 Å². The molecule has 0 saturated heterocycles. The predicted molar refractivity (Wildman–Crippen MR) is 87.8 cm³/mol. The Kier molecular flexibility index (Phi) is 5.38. The molecule has 4 N–H and O–H groups in total. The molecule has 0 unspecified atom stereocenters. The van der Waals surface area contributed by atoms with E-state index in [1.165, 1.54) is 32.7 Å². The number of nitrogens with two attached hydrogens (primary N) is 1. The summed E-state index contributed by atoms with van der Waals surface area (Å²) in [5.74, 6) is 0.165. The maximum Gasteiger partial charge on any atom is 0.411 e. The number of benzene rings is 1. The van der Waals surface area contributed by atoms with Gasteiger partial charge in [-0.3, -0.25) is 10.7 Å². The Morgan fingerprint density at radius 3 is 2.67 bits per heavy atom. The maximum atomic E-state index is 11.2. The number of amides is 1. The molecule has 0 fully saturated rings. The summed E-state index contributed by atoms with van der Waals surface area (Å²) < 4.78 is 14.9. The zero-order valence-corrected chi connectivity index (χ0v) is 13.5. The van der Waals surface area contributed by atoms with Gasteiger partial charge in [0.2, 0.25) is 11.8 Å². The van der Waals surface area contributed by atoms with Crippen LogP contribution in [0.25, 0.3) is 0 Å². The third kappa shape index (κ3) is 3.82. The van der Waals surface area contributed by atoms with Gasteiger partial charge in [0.1, 0.15) is 23.5 Å². The van der Waals surface area contributed by atoms with Crippen molar-refractivity contribution in [1.82, 2.24) is 9.97 Å². The first-order valence-electron chi connectivity index (χ1n) is 6.52. The Morgan fingerprint density at radius 1 is 1.29 bits per heavy atom. The Hall–Kier alpha value is -3.07. The van der Waals surface area contributed by atoms with E-state index < -0.39 is 6.09 Å². The van der Waals surface area contributed by atoms with Crippen LogP contribution in [-0.4, -0.2) is 36.2 Å². The van der Waals surface area contributed by atoms with Crippen molar-refractivity contribution >= 4 is 35.1 Å². The van der Waals surface area contributed by atoms with E-state index in [1.807, 2.05) is 0 Å². The lowest BCUT2D eigenvalue weighted by atomic mass is 10.2. The highest BCUT2D eigenvalue weighted by Crippen LogP contribution is 2.31. The number of hydrogen-bond donors (Lipinski definition) is 3. The first kappa shape index (κ1) is 17.3. The molecule has 1 aromatic heterocycles. The summed E-state index contributed by atoms with van der Waals surface area (Å²) in [6.07, 6.45) is 0.552. The fraction of sp³-hybridized carbons (Fsp3) is 0.143. The van der Waals surface area contributed by atoms with Crippen molar-refractivity contribution in [3.8, 4) is 11.6 Å². The Bertz CT molecular complexity index is 784. The highest BCUT2D eigenvalue weighted by Gasteiger charge is 2.17. The van der Waals surface area contributed by atoms with Gasteiger partial charge in [0.05, 0.1) is 24.9 Å². The summed E-state index contributed by atoms with van der Waals surface area (Å²) in [7, 11) is 2.56. The summed E-state index contributed by atoms with van der Waals surface area (Å²) in [5, 5.41) is 10.4. The van der Waals surface area contributed by atoms with Crippen LogP contribution in [0.2, 0.25) is 5.02 Å². The number of ether oxygens (including phenoxy) is 3. The van der Waals surface area contributed by atoms with Crippen LogP contribution < -0.4 is 15.8 Å². The van der Waals surface area contributed by atoms with Crippen LogP contribution in [0, 0.1) is 5.41 Å². The van der Waals surface area contributed by atoms with Gasteiger partial charge < -0.3 is 19.9 Å². The molecule has 0 saturated carbocycles. The molecule has 1 amide bonds. The van der Waals surface area contributed by atoms with E-state index in [0.717, 1.165) is 0 Å². The molecule has 0 spiro atoms. The lowest BCUT2D eigenvalue weighted by molar-refractivity contribution is 0.187. The number of halogens is 1. The third-order valence-electron chi connectivity index (χ3n) is 2.85. The first-order valence-corrected chi connectivity index (χ1v) is 6.89. The van der Waals surface area contributed by atoms with E-state index in [4.69, 9.17) is 32.2 Å². The number of anilines is 2. The predicted octanol–water partition coefficient (Wildman–Crippen LogP) is 2.65. The monoisotopic (exact) mass is 351 g/mol. The summed E-state index contributed by atoms with van der Waals surface area (Å²) in [4.78, 5) is 19.0. The molecule has 9 nitrogen and oxygen atoms in total. The van der Waals surface area contributed by atoms with Crippen LogP contribution in [0.5, 0.6) is 11.6 Å². The quantitative estimate of drug-likeness (QED) is 0.569. The van der Waals surface area contributed by atoms with Crippen molar-refractivity contribution in [3.05, 3.63) is 35.1 Å². The van der Waals surface area contributed by atoms with Crippen molar-refractivity contribution in [2.45, 2.75) is 0 Å². The molecule has 10 heteroatoms. The second-order valence-corrected chi connectivity index (χ2v) is 4.74. The van der Waals surface area contributed by atoms with Crippen molar-refractivity contribution in [3.63, 3.8) is 0 Å². The van der Waals surface area contributed by atoms with Crippen molar-refractivity contribution in [2.75, 3.05) is 25.3 Å². The molecule has 0 atom stereocenters. The number of nitrogen functional groups attached to an aromatic ring is 1. The van der Waals surface area contributed by atoms with E-state index in [-0.39, 0.29) is 28.2 Å². The van der Waals surface area contributed by atoms with E-state index in [9.17, 15) is 4.79 Å². The Balaban J connectivity index is 2.29. The lowest BCUT2D eigenvalue weighted by Gasteiger charge is -2.12. The molecular formula is C14H14ClN5O4. The van der Waals surface area contributed by atoms with Crippen molar-refractivity contribution in [1.29, 1.82) is 5.41 Å². The summed E-state index contributed by atoms with van der Waals surface area (Å²) in [5.41, 5.74) is 6.20. The maximum absolute atomic E-state index is 11.2. The molecule has 0 aliphatic carbocycles. The number of carbonyl (C=O) groups excluding carboxylic acids is 1. The van der Waals surface area contributed by atoms with Crippen LogP contribution in [0.4, 0.5) is 16.3 Å². The van der Waals surface area contributed by atoms with Gasteiger partial charge in [-0.15, -0.1) is 0 Å². The number of nitrogens with one attached hydrogen (secondary N) is 2. The molecule has 2 aromatic rings. The minimum atomic E-state index is -0.648. The van der Waals surface area contributed by atoms with Crippen LogP contribution in [-0.2, 0) is 9.47 Å². The third-order valence-corrected chi connectivity index (χ3v) is 3.16. The van der Waals surface area contributed by atoms with Gasteiger partial charge in [0, 0.05) is 6.07 Å². The normalized spacial score (nSPS) is 9.96. The SMILES string of the molecule is COC(=N)c1c(N)ncnc1Oc1ccc(NC(=O)OC)c(Cl)c1. The average molecular weight is 352 g/mol. The van der Waals surface area contributed by atoms with Crippen LogP contribution >= 0.6 is 11.6 Å². The van der Waals surface area contributed by atoms with Crippen LogP contribution in [0.3, 0.4) is 0 Å². The van der Waals surface area contributed by atoms with Gasteiger partial charge in [-0.05, 0) is 12.1 Å². The van der Waals surface area contributed by atoms with Gasteiger partial charge in [0.15, 0.2) is 0 Å². The Morgan fingerprint density at radius 2 is 2.04 bits per heavy atom. The molecule has 24 heavy (non-hydrogen) atoms. The highest BCUT2D eigenvalue weighted by molar-refractivity contribution is 6.33. The summed E-state index contributed by atoms with van der Waals surface area (Å²) >= 11 is 6.08. The van der Waals surface area contributed by atoms with Crippen LogP contribution in [0.1, 0.15) is 5.56 Å².